The summed E-state index contributed by atoms with van der Waals surface area (Å²) in [5, 5.41) is 13.8. The lowest BCUT2D eigenvalue weighted by atomic mass is 10.0. The van der Waals surface area contributed by atoms with Gasteiger partial charge in [0, 0.05) is 29.5 Å². The van der Waals surface area contributed by atoms with Crippen molar-refractivity contribution < 1.29 is 14.6 Å². The molecule has 1 aliphatic rings. The molecule has 0 bridgehead atoms. The molecule has 0 radical (unpaired) electrons. The first kappa shape index (κ1) is 21.7. The van der Waals surface area contributed by atoms with Gasteiger partial charge in [-0.25, -0.2) is 4.79 Å². The van der Waals surface area contributed by atoms with E-state index >= 15 is 0 Å². The second-order valence-electron chi connectivity index (χ2n) is 7.85. The number of carbonyl (C=O) groups is 1. The zero-order chi connectivity index (χ0) is 23.7. The van der Waals surface area contributed by atoms with Gasteiger partial charge < -0.3 is 24.6 Å². The van der Waals surface area contributed by atoms with Crippen LogP contribution in [0.2, 0.25) is 0 Å². The van der Waals surface area contributed by atoms with Crippen LogP contribution in [0.25, 0.3) is 5.69 Å². The largest absolute Gasteiger partial charge is 0.508 e. The number of nitrogens with zero attached hydrogens (tertiary/aromatic N) is 3. The van der Waals surface area contributed by atoms with Crippen LogP contribution in [-0.4, -0.2) is 32.8 Å². The molecule has 0 saturated carbocycles. The SMILES string of the molecule is COC(=O)c1ccc(-n2cccc2[C@@H]2[C@@H](c3ccccn3)NC(=S)N2c2ccc(O)cc2)cc1. The van der Waals surface area contributed by atoms with Gasteiger partial charge in [0.25, 0.3) is 0 Å². The first-order valence-corrected chi connectivity index (χ1v) is 11.1. The Morgan fingerprint density at radius 1 is 1.00 bits per heavy atom. The van der Waals surface area contributed by atoms with Crippen LogP contribution in [0.1, 0.15) is 33.8 Å². The molecule has 2 N–H and O–H groups in total. The minimum absolute atomic E-state index is 0.189. The van der Waals surface area contributed by atoms with E-state index in [1.807, 2.05) is 59.6 Å². The van der Waals surface area contributed by atoms with Crippen molar-refractivity contribution in [2.45, 2.75) is 12.1 Å². The number of thiocarbonyl (C=S) groups is 1. The number of esters is 1. The number of methoxy groups -OCH3 is 1. The van der Waals surface area contributed by atoms with E-state index in [4.69, 9.17) is 17.0 Å². The van der Waals surface area contributed by atoms with Gasteiger partial charge in [-0.05, 0) is 85.0 Å². The molecule has 0 aliphatic carbocycles. The highest BCUT2D eigenvalue weighted by Crippen LogP contribution is 2.42. The monoisotopic (exact) mass is 470 g/mol. The van der Waals surface area contributed by atoms with E-state index in [9.17, 15) is 9.90 Å². The number of rotatable bonds is 5. The molecular weight excluding hydrogens is 448 g/mol. The average Bonchev–Trinajstić information content (AvgIpc) is 3.49. The summed E-state index contributed by atoms with van der Waals surface area (Å²) in [6.07, 6.45) is 3.75. The summed E-state index contributed by atoms with van der Waals surface area (Å²) in [6, 6.07) is 23.7. The molecule has 1 fully saturated rings. The van der Waals surface area contributed by atoms with Crippen LogP contribution in [-0.2, 0) is 4.74 Å². The molecule has 0 amide bonds. The number of pyridine rings is 1. The molecule has 5 rings (SSSR count). The van der Waals surface area contributed by atoms with Gasteiger partial charge in [-0.15, -0.1) is 0 Å². The quantitative estimate of drug-likeness (QED) is 0.327. The summed E-state index contributed by atoms with van der Waals surface area (Å²) in [4.78, 5) is 18.5. The van der Waals surface area contributed by atoms with Crippen LogP contribution < -0.4 is 10.2 Å². The molecule has 2 atom stereocenters. The summed E-state index contributed by atoms with van der Waals surface area (Å²) < 4.78 is 6.89. The molecule has 1 saturated heterocycles. The zero-order valence-corrected chi connectivity index (χ0v) is 19.1. The van der Waals surface area contributed by atoms with E-state index in [1.54, 1.807) is 30.5 Å². The third-order valence-corrected chi connectivity index (χ3v) is 6.19. The minimum atomic E-state index is -0.377. The molecule has 7 nitrogen and oxygen atoms in total. The van der Waals surface area contributed by atoms with Crippen molar-refractivity contribution in [2.75, 3.05) is 12.0 Å². The van der Waals surface area contributed by atoms with Crippen molar-refractivity contribution in [3.05, 3.63) is 108 Å². The van der Waals surface area contributed by atoms with Crippen LogP contribution in [0.15, 0.2) is 91.3 Å². The summed E-state index contributed by atoms with van der Waals surface area (Å²) >= 11 is 5.77. The number of anilines is 1. The molecule has 0 spiro atoms. The number of hydrogen-bond acceptors (Lipinski definition) is 5. The minimum Gasteiger partial charge on any atom is -0.508 e. The maximum atomic E-state index is 11.9. The molecular formula is C26H22N4O3S. The van der Waals surface area contributed by atoms with E-state index in [2.05, 4.69) is 20.9 Å². The standard InChI is InChI=1S/C26H22N4O3S/c1-33-25(32)17-7-9-18(10-8-17)29-16-4-6-22(29)24-23(21-5-2-3-15-27-21)28-26(34)30(24)19-11-13-20(31)14-12-19/h2-16,23-24,31H,1H3,(H,28,34)/t23-,24-/m1/s1. The Bertz CT molecular complexity index is 1320. The van der Waals surface area contributed by atoms with Gasteiger partial charge in [0.05, 0.1) is 24.4 Å². The van der Waals surface area contributed by atoms with Crippen molar-refractivity contribution in [3.8, 4) is 11.4 Å². The molecule has 8 heteroatoms. The average molecular weight is 471 g/mol. The number of ether oxygens (including phenoxy) is 1. The third kappa shape index (κ3) is 3.88. The highest BCUT2D eigenvalue weighted by molar-refractivity contribution is 7.80. The van der Waals surface area contributed by atoms with Crippen molar-refractivity contribution in [1.29, 1.82) is 0 Å². The van der Waals surface area contributed by atoms with E-state index in [0.717, 1.165) is 22.8 Å². The molecule has 1 aliphatic heterocycles. The van der Waals surface area contributed by atoms with Crippen LogP contribution in [0, 0.1) is 0 Å². The van der Waals surface area contributed by atoms with Gasteiger partial charge in [0.1, 0.15) is 11.8 Å². The second-order valence-corrected chi connectivity index (χ2v) is 8.24. The Morgan fingerprint density at radius 3 is 2.41 bits per heavy atom. The second kappa shape index (κ2) is 8.99. The number of benzene rings is 2. The molecule has 4 aromatic rings. The predicted molar refractivity (Wildman–Crippen MR) is 133 cm³/mol. The fourth-order valence-corrected chi connectivity index (χ4v) is 4.64. The van der Waals surface area contributed by atoms with E-state index < -0.39 is 0 Å². The van der Waals surface area contributed by atoms with E-state index in [0.29, 0.717) is 10.7 Å². The van der Waals surface area contributed by atoms with Crippen molar-refractivity contribution >= 4 is 29.0 Å². The lowest BCUT2D eigenvalue weighted by Crippen LogP contribution is -2.30. The first-order valence-electron chi connectivity index (χ1n) is 10.7. The Kier molecular flexibility index (Phi) is 5.73. The number of aromatic nitrogens is 2. The van der Waals surface area contributed by atoms with Gasteiger partial charge in [-0.1, -0.05) is 6.07 Å². The summed E-state index contributed by atoms with van der Waals surface area (Å²) in [5.74, 6) is -0.188. The third-order valence-electron chi connectivity index (χ3n) is 5.88. The lowest BCUT2D eigenvalue weighted by Gasteiger charge is -2.29. The number of hydrogen-bond donors (Lipinski definition) is 2. The normalized spacial score (nSPS) is 17.4. The van der Waals surface area contributed by atoms with Crippen LogP contribution in [0.4, 0.5) is 5.69 Å². The highest BCUT2D eigenvalue weighted by Gasteiger charge is 2.42. The Labute approximate surface area is 202 Å². The van der Waals surface area contributed by atoms with Crippen molar-refractivity contribution in [1.82, 2.24) is 14.9 Å². The number of carbonyl (C=O) groups excluding carboxylic acids is 1. The van der Waals surface area contributed by atoms with Gasteiger partial charge in [-0.3, -0.25) is 4.98 Å². The molecule has 170 valence electrons. The maximum Gasteiger partial charge on any atom is 0.337 e. The van der Waals surface area contributed by atoms with E-state index in [1.165, 1.54) is 7.11 Å². The smallest absolute Gasteiger partial charge is 0.337 e. The van der Waals surface area contributed by atoms with E-state index in [-0.39, 0.29) is 23.8 Å². The van der Waals surface area contributed by atoms with Crippen molar-refractivity contribution in [2.24, 2.45) is 0 Å². The molecule has 2 aromatic heterocycles. The van der Waals surface area contributed by atoms with Gasteiger partial charge >= 0.3 is 5.97 Å². The van der Waals surface area contributed by atoms with Crippen LogP contribution in [0.5, 0.6) is 5.75 Å². The molecule has 3 heterocycles. The fraction of sp³-hybridized carbons (Fsp3) is 0.115. The number of nitrogens with one attached hydrogen (secondary N) is 1. The summed E-state index contributed by atoms with van der Waals surface area (Å²) in [6.45, 7) is 0. The van der Waals surface area contributed by atoms with Gasteiger partial charge in [-0.2, -0.15) is 0 Å². The maximum absolute atomic E-state index is 11.9. The van der Waals surface area contributed by atoms with Crippen LogP contribution in [0.3, 0.4) is 0 Å². The Balaban J connectivity index is 1.61. The van der Waals surface area contributed by atoms with Gasteiger partial charge in [0.15, 0.2) is 5.11 Å². The topological polar surface area (TPSA) is 79.6 Å². The first-order chi connectivity index (χ1) is 16.6. The predicted octanol–water partition coefficient (Wildman–Crippen LogP) is 4.54. The van der Waals surface area contributed by atoms with Gasteiger partial charge in [0.2, 0.25) is 0 Å². The lowest BCUT2D eigenvalue weighted by molar-refractivity contribution is 0.0600. The molecule has 0 unspecified atom stereocenters. The zero-order valence-electron chi connectivity index (χ0n) is 18.3. The molecule has 2 aromatic carbocycles. The number of phenolic OH excluding ortho intramolecular Hbond substituents is 1. The number of aromatic hydroxyl groups is 1. The highest BCUT2D eigenvalue weighted by atomic mass is 32.1. The fourth-order valence-electron chi connectivity index (χ4n) is 4.29. The summed E-state index contributed by atoms with van der Waals surface area (Å²) in [5.41, 5.74) is 4.09. The Morgan fingerprint density at radius 2 is 1.74 bits per heavy atom. The Hall–Kier alpha value is -4.17. The summed E-state index contributed by atoms with van der Waals surface area (Å²) in [7, 11) is 1.37. The van der Waals surface area contributed by atoms with Crippen molar-refractivity contribution in [3.63, 3.8) is 0 Å². The number of phenols is 1. The molecule has 34 heavy (non-hydrogen) atoms. The van der Waals surface area contributed by atoms with Crippen LogP contribution >= 0.6 is 12.2 Å².